The first-order valence-corrected chi connectivity index (χ1v) is 8.10. The van der Waals surface area contributed by atoms with Gasteiger partial charge in [-0.1, -0.05) is 23.5 Å². The number of halogens is 1. The van der Waals surface area contributed by atoms with Gasteiger partial charge in [0.1, 0.15) is 17.3 Å². The van der Waals surface area contributed by atoms with E-state index in [1.54, 1.807) is 18.3 Å². The smallest absolute Gasteiger partial charge is 0.204 e. The minimum Gasteiger partial charge on any atom is -0.455 e. The molecule has 0 aliphatic rings. The third-order valence-electron chi connectivity index (χ3n) is 3.40. The van der Waals surface area contributed by atoms with Crippen LogP contribution in [0.15, 0.2) is 70.2 Å². The molecule has 0 bridgehead atoms. The van der Waals surface area contributed by atoms with Crippen molar-refractivity contribution < 1.29 is 8.81 Å². The second-order valence-electron chi connectivity index (χ2n) is 5.07. The quantitative estimate of drug-likeness (QED) is 0.414. The fourth-order valence-electron chi connectivity index (χ4n) is 2.26. The number of hydrazone groups is 1. The van der Waals surface area contributed by atoms with Crippen LogP contribution < -0.4 is 5.43 Å². The van der Waals surface area contributed by atoms with E-state index >= 15 is 0 Å². The predicted octanol–water partition coefficient (Wildman–Crippen LogP) is 5.14. The molecule has 2 aromatic carbocycles. The Morgan fingerprint density at radius 2 is 1.88 bits per heavy atom. The first kappa shape index (κ1) is 14.6. The van der Waals surface area contributed by atoms with Crippen molar-refractivity contribution in [2.45, 2.75) is 0 Å². The average Bonchev–Trinajstić information content (AvgIpc) is 3.22. The highest BCUT2D eigenvalue weighted by Crippen LogP contribution is 2.25. The van der Waals surface area contributed by atoms with Crippen molar-refractivity contribution >= 4 is 32.9 Å². The van der Waals surface area contributed by atoms with E-state index in [9.17, 15) is 4.39 Å². The number of hydrogen-bond donors (Lipinski definition) is 1. The van der Waals surface area contributed by atoms with E-state index in [4.69, 9.17) is 4.42 Å². The van der Waals surface area contributed by atoms with Crippen LogP contribution in [0.2, 0.25) is 0 Å². The summed E-state index contributed by atoms with van der Waals surface area (Å²) in [7, 11) is 0. The Hall–Kier alpha value is -2.99. The summed E-state index contributed by atoms with van der Waals surface area (Å²) in [5.41, 5.74) is 4.66. The van der Waals surface area contributed by atoms with Gasteiger partial charge in [0, 0.05) is 5.56 Å². The van der Waals surface area contributed by atoms with Crippen molar-refractivity contribution in [1.82, 2.24) is 4.98 Å². The van der Waals surface area contributed by atoms with Gasteiger partial charge in [-0.2, -0.15) is 5.10 Å². The molecule has 4 nitrogen and oxygen atoms in total. The lowest BCUT2D eigenvalue weighted by Gasteiger charge is -1.95. The normalized spacial score (nSPS) is 11.4. The zero-order chi connectivity index (χ0) is 16.4. The van der Waals surface area contributed by atoms with Gasteiger partial charge in [-0.25, -0.2) is 9.37 Å². The zero-order valence-electron chi connectivity index (χ0n) is 12.4. The number of para-hydroxylation sites is 1. The number of fused-ring (bicyclic) bond motifs is 1. The number of nitrogens with zero attached hydrogens (tertiary/aromatic N) is 2. The maximum absolute atomic E-state index is 12.9. The van der Waals surface area contributed by atoms with Crippen molar-refractivity contribution in [3.8, 4) is 11.3 Å². The van der Waals surface area contributed by atoms with Crippen LogP contribution in [0.5, 0.6) is 0 Å². The van der Waals surface area contributed by atoms with E-state index in [2.05, 4.69) is 15.5 Å². The third kappa shape index (κ3) is 3.04. The van der Waals surface area contributed by atoms with Gasteiger partial charge in [0.05, 0.1) is 16.4 Å². The molecule has 1 N–H and O–H groups in total. The molecular weight excluding hydrogens is 325 g/mol. The van der Waals surface area contributed by atoms with Crippen LogP contribution in [0.4, 0.5) is 9.52 Å². The Bertz CT molecular complexity index is 971. The van der Waals surface area contributed by atoms with Crippen molar-refractivity contribution in [3.05, 3.63) is 72.2 Å². The summed E-state index contributed by atoms with van der Waals surface area (Å²) < 4.78 is 19.7. The lowest BCUT2D eigenvalue weighted by Crippen LogP contribution is -1.88. The molecule has 2 heterocycles. The first-order valence-electron chi connectivity index (χ1n) is 7.28. The second kappa shape index (κ2) is 6.25. The fourth-order valence-corrected chi connectivity index (χ4v) is 3.08. The summed E-state index contributed by atoms with van der Waals surface area (Å²) in [5.74, 6) is 0.992. The Balaban J connectivity index is 1.47. The number of hydrogen-bond acceptors (Lipinski definition) is 5. The Kier molecular flexibility index (Phi) is 3.80. The number of furan rings is 1. The SMILES string of the molecule is Fc1ccc(-c2ccc(/C=N/Nc3nc4ccccc4s3)o2)cc1. The van der Waals surface area contributed by atoms with Crippen LogP contribution in [0.1, 0.15) is 5.76 Å². The summed E-state index contributed by atoms with van der Waals surface area (Å²) in [6.07, 6.45) is 1.58. The van der Waals surface area contributed by atoms with Crippen molar-refractivity contribution in [1.29, 1.82) is 0 Å². The maximum atomic E-state index is 12.9. The molecule has 0 fully saturated rings. The second-order valence-corrected chi connectivity index (χ2v) is 6.10. The van der Waals surface area contributed by atoms with Gasteiger partial charge < -0.3 is 4.42 Å². The molecule has 0 atom stereocenters. The van der Waals surface area contributed by atoms with E-state index in [-0.39, 0.29) is 5.82 Å². The number of benzene rings is 2. The largest absolute Gasteiger partial charge is 0.455 e. The number of anilines is 1. The molecule has 24 heavy (non-hydrogen) atoms. The number of rotatable bonds is 4. The van der Waals surface area contributed by atoms with Gasteiger partial charge in [0.25, 0.3) is 0 Å². The van der Waals surface area contributed by atoms with E-state index in [1.807, 2.05) is 36.4 Å². The van der Waals surface area contributed by atoms with Gasteiger partial charge in [0.15, 0.2) is 0 Å². The molecule has 118 valence electrons. The first-order chi connectivity index (χ1) is 11.8. The highest BCUT2D eigenvalue weighted by molar-refractivity contribution is 7.22. The Morgan fingerprint density at radius 3 is 2.71 bits per heavy atom. The molecule has 0 saturated heterocycles. The van der Waals surface area contributed by atoms with Crippen LogP contribution in [0.25, 0.3) is 21.5 Å². The Morgan fingerprint density at radius 1 is 1.04 bits per heavy atom. The predicted molar refractivity (Wildman–Crippen MR) is 94.9 cm³/mol. The lowest BCUT2D eigenvalue weighted by atomic mass is 10.2. The highest BCUT2D eigenvalue weighted by atomic mass is 32.1. The molecule has 4 aromatic rings. The molecule has 6 heteroatoms. The van der Waals surface area contributed by atoms with Gasteiger partial charge in [-0.3, -0.25) is 5.43 Å². The van der Waals surface area contributed by atoms with Crippen molar-refractivity contribution in [2.24, 2.45) is 5.10 Å². The number of aromatic nitrogens is 1. The fraction of sp³-hybridized carbons (Fsp3) is 0. The summed E-state index contributed by atoms with van der Waals surface area (Å²) in [5, 5.41) is 4.87. The molecule has 0 spiro atoms. The average molecular weight is 337 g/mol. The topological polar surface area (TPSA) is 50.4 Å². The van der Waals surface area contributed by atoms with Crippen molar-refractivity contribution in [3.63, 3.8) is 0 Å². The summed E-state index contributed by atoms with van der Waals surface area (Å²) in [4.78, 5) is 4.43. The van der Waals surface area contributed by atoms with Gasteiger partial charge in [-0.15, -0.1) is 0 Å². The molecule has 0 amide bonds. The standard InChI is InChI=1S/C18H12FN3OS/c19-13-7-5-12(6-8-13)16-10-9-14(23-16)11-20-22-18-21-15-3-1-2-4-17(15)24-18/h1-11H,(H,21,22)/b20-11+. The van der Waals surface area contributed by atoms with E-state index in [0.717, 1.165) is 20.9 Å². The van der Waals surface area contributed by atoms with Crippen LogP contribution in [0.3, 0.4) is 0 Å². The summed E-state index contributed by atoms with van der Waals surface area (Å²) in [6, 6.07) is 17.7. The molecule has 2 aromatic heterocycles. The summed E-state index contributed by atoms with van der Waals surface area (Å²) >= 11 is 1.53. The molecule has 4 rings (SSSR count). The molecular formula is C18H12FN3OS. The lowest BCUT2D eigenvalue weighted by molar-refractivity contribution is 0.574. The monoisotopic (exact) mass is 337 g/mol. The van der Waals surface area contributed by atoms with E-state index in [0.29, 0.717) is 11.5 Å². The maximum Gasteiger partial charge on any atom is 0.204 e. The number of thiazole rings is 1. The van der Waals surface area contributed by atoms with Gasteiger partial charge >= 0.3 is 0 Å². The van der Waals surface area contributed by atoms with Gasteiger partial charge in [-0.05, 0) is 48.5 Å². The van der Waals surface area contributed by atoms with Crippen molar-refractivity contribution in [2.75, 3.05) is 5.43 Å². The van der Waals surface area contributed by atoms with E-state index in [1.165, 1.54) is 23.5 Å². The molecule has 0 saturated carbocycles. The van der Waals surface area contributed by atoms with E-state index < -0.39 is 0 Å². The third-order valence-corrected chi connectivity index (χ3v) is 4.34. The molecule has 0 aliphatic heterocycles. The van der Waals surface area contributed by atoms with Crippen LogP contribution in [0, 0.1) is 5.82 Å². The highest BCUT2D eigenvalue weighted by Gasteiger charge is 2.04. The molecule has 0 aliphatic carbocycles. The number of nitrogens with one attached hydrogen (secondary N) is 1. The minimum atomic E-state index is -0.271. The van der Waals surface area contributed by atoms with Gasteiger partial charge in [0.2, 0.25) is 5.13 Å². The zero-order valence-corrected chi connectivity index (χ0v) is 13.3. The van der Waals surface area contributed by atoms with Crippen LogP contribution in [-0.4, -0.2) is 11.2 Å². The Labute approximate surface area is 141 Å². The molecule has 0 radical (unpaired) electrons. The van der Waals surface area contributed by atoms with Crippen LogP contribution >= 0.6 is 11.3 Å². The summed E-state index contributed by atoms with van der Waals surface area (Å²) in [6.45, 7) is 0. The van der Waals surface area contributed by atoms with Crippen LogP contribution in [-0.2, 0) is 0 Å². The molecule has 0 unspecified atom stereocenters. The minimum absolute atomic E-state index is 0.271.